The molecule has 0 fully saturated rings. The Kier molecular flexibility index (Phi) is 3.41. The largest absolute Gasteiger partial charge is 0.352 e. The fourth-order valence-electron chi connectivity index (χ4n) is 2.74. The lowest BCUT2D eigenvalue weighted by Gasteiger charge is -2.26. The van der Waals surface area contributed by atoms with Gasteiger partial charge in [-0.15, -0.1) is 0 Å². The van der Waals surface area contributed by atoms with Crippen LogP contribution in [0.4, 0.5) is 0 Å². The number of rotatable bonds is 3. The van der Waals surface area contributed by atoms with Gasteiger partial charge in [0.2, 0.25) is 5.91 Å². The molecule has 0 unspecified atom stereocenters. The molecule has 22 heavy (non-hydrogen) atoms. The van der Waals surface area contributed by atoms with Crippen LogP contribution in [0.2, 0.25) is 0 Å². The number of hydrogen-bond acceptors (Lipinski definition) is 3. The first-order valence-corrected chi connectivity index (χ1v) is 7.16. The van der Waals surface area contributed by atoms with Gasteiger partial charge in [0.05, 0.1) is 0 Å². The predicted octanol–water partition coefficient (Wildman–Crippen LogP) is 1.96. The molecule has 0 aromatic heterocycles. The van der Waals surface area contributed by atoms with Crippen LogP contribution in [0.25, 0.3) is 10.8 Å². The summed E-state index contributed by atoms with van der Waals surface area (Å²) in [5, 5.41) is 4.21. The molecule has 2 aromatic rings. The van der Waals surface area contributed by atoms with Crippen molar-refractivity contribution < 1.29 is 14.4 Å². The Morgan fingerprint density at radius 1 is 1.05 bits per heavy atom. The van der Waals surface area contributed by atoms with E-state index in [4.69, 9.17) is 0 Å². The number of carbonyl (C=O) groups is 3. The zero-order valence-electron chi connectivity index (χ0n) is 12.4. The van der Waals surface area contributed by atoms with E-state index in [1.165, 1.54) is 0 Å². The summed E-state index contributed by atoms with van der Waals surface area (Å²) in [6.07, 6.45) is 0. The van der Waals surface area contributed by atoms with E-state index in [0.29, 0.717) is 16.5 Å². The number of nitrogens with zero attached hydrogens (tertiary/aromatic N) is 1. The van der Waals surface area contributed by atoms with Crippen LogP contribution in [0, 0.1) is 0 Å². The highest BCUT2D eigenvalue weighted by Gasteiger charge is 2.33. The molecule has 0 bridgehead atoms. The molecule has 112 valence electrons. The summed E-state index contributed by atoms with van der Waals surface area (Å²) in [5.41, 5.74) is 0.926. The third-order valence-electron chi connectivity index (χ3n) is 3.61. The Hall–Kier alpha value is -2.69. The molecule has 2 aromatic carbocycles. The van der Waals surface area contributed by atoms with E-state index in [9.17, 15) is 14.4 Å². The minimum absolute atomic E-state index is 0.0433. The first-order chi connectivity index (χ1) is 10.5. The van der Waals surface area contributed by atoms with E-state index >= 15 is 0 Å². The molecule has 0 saturated heterocycles. The van der Waals surface area contributed by atoms with E-state index in [0.717, 1.165) is 10.3 Å². The van der Waals surface area contributed by atoms with Gasteiger partial charge in [-0.05, 0) is 31.4 Å². The average molecular weight is 296 g/mol. The SMILES string of the molecule is CC(C)NC(=O)CN1C(=O)c2cccc3cccc(c23)C1=O. The first kappa shape index (κ1) is 14.3. The number of hydrogen-bond donors (Lipinski definition) is 1. The predicted molar refractivity (Wildman–Crippen MR) is 82.6 cm³/mol. The van der Waals surface area contributed by atoms with Crippen molar-refractivity contribution in [1.29, 1.82) is 0 Å². The van der Waals surface area contributed by atoms with E-state index in [-0.39, 0.29) is 18.5 Å². The van der Waals surface area contributed by atoms with Crippen LogP contribution in [0.3, 0.4) is 0 Å². The van der Waals surface area contributed by atoms with E-state index in [2.05, 4.69) is 5.32 Å². The standard InChI is InChI=1S/C17H16N2O3/c1-10(2)18-14(20)9-19-16(21)12-7-3-5-11-6-4-8-13(15(11)12)17(19)22/h3-8,10H,9H2,1-2H3,(H,18,20). The fourth-order valence-corrected chi connectivity index (χ4v) is 2.74. The second-order valence-corrected chi connectivity index (χ2v) is 5.63. The molecule has 0 aliphatic carbocycles. The second kappa shape index (κ2) is 5.26. The van der Waals surface area contributed by atoms with Crippen molar-refractivity contribution in [3.05, 3.63) is 47.5 Å². The molecular weight excluding hydrogens is 280 g/mol. The first-order valence-electron chi connectivity index (χ1n) is 7.16. The summed E-state index contributed by atoms with van der Waals surface area (Å²) in [4.78, 5) is 38.0. The molecule has 3 rings (SSSR count). The van der Waals surface area contributed by atoms with E-state index in [1.54, 1.807) is 24.3 Å². The Bertz CT molecular complexity index is 745. The van der Waals surface area contributed by atoms with Crippen LogP contribution < -0.4 is 5.32 Å². The highest BCUT2D eigenvalue weighted by atomic mass is 16.2. The highest BCUT2D eigenvalue weighted by molar-refractivity contribution is 6.26. The molecule has 1 N–H and O–H groups in total. The summed E-state index contributed by atoms with van der Waals surface area (Å²) < 4.78 is 0. The van der Waals surface area contributed by atoms with Crippen LogP contribution in [0.15, 0.2) is 36.4 Å². The summed E-state index contributed by atoms with van der Waals surface area (Å²) >= 11 is 0. The Morgan fingerprint density at radius 3 is 2.09 bits per heavy atom. The van der Waals surface area contributed by atoms with Gasteiger partial charge in [0, 0.05) is 22.6 Å². The van der Waals surface area contributed by atoms with Gasteiger partial charge in [-0.3, -0.25) is 19.3 Å². The van der Waals surface area contributed by atoms with Crippen molar-refractivity contribution in [3.8, 4) is 0 Å². The molecule has 0 spiro atoms. The molecule has 1 aliphatic heterocycles. The number of benzene rings is 2. The molecule has 1 heterocycles. The third-order valence-corrected chi connectivity index (χ3v) is 3.61. The molecule has 3 amide bonds. The fraction of sp³-hybridized carbons (Fsp3) is 0.235. The third kappa shape index (κ3) is 2.24. The maximum absolute atomic E-state index is 12.6. The van der Waals surface area contributed by atoms with Crippen molar-refractivity contribution in [1.82, 2.24) is 10.2 Å². The summed E-state index contributed by atoms with van der Waals surface area (Å²) in [7, 11) is 0. The van der Waals surface area contributed by atoms with Crippen molar-refractivity contribution in [2.45, 2.75) is 19.9 Å². The zero-order valence-corrected chi connectivity index (χ0v) is 12.4. The average Bonchev–Trinajstić information content (AvgIpc) is 2.48. The summed E-state index contributed by atoms with van der Waals surface area (Å²) in [6, 6.07) is 10.6. The van der Waals surface area contributed by atoms with Crippen LogP contribution in [-0.2, 0) is 4.79 Å². The smallest absolute Gasteiger partial charge is 0.261 e. The molecule has 5 heteroatoms. The lowest BCUT2D eigenvalue weighted by atomic mass is 9.94. The number of nitrogens with one attached hydrogen (secondary N) is 1. The Balaban J connectivity index is 2.03. The summed E-state index contributed by atoms with van der Waals surface area (Å²) in [6.45, 7) is 3.39. The van der Waals surface area contributed by atoms with Crippen LogP contribution in [0.5, 0.6) is 0 Å². The van der Waals surface area contributed by atoms with Gasteiger partial charge in [-0.1, -0.05) is 24.3 Å². The van der Waals surface area contributed by atoms with Crippen molar-refractivity contribution in [3.63, 3.8) is 0 Å². The molecule has 0 saturated carbocycles. The second-order valence-electron chi connectivity index (χ2n) is 5.63. The molecule has 0 radical (unpaired) electrons. The van der Waals surface area contributed by atoms with Crippen LogP contribution >= 0.6 is 0 Å². The monoisotopic (exact) mass is 296 g/mol. The summed E-state index contributed by atoms with van der Waals surface area (Å²) in [5.74, 6) is -1.19. The molecular formula is C17H16N2O3. The Labute approximate surface area is 127 Å². The van der Waals surface area contributed by atoms with Gasteiger partial charge in [0.1, 0.15) is 6.54 Å². The van der Waals surface area contributed by atoms with Crippen molar-refractivity contribution in [2.75, 3.05) is 6.54 Å². The number of amides is 3. The normalized spacial score (nSPS) is 13.9. The minimum atomic E-state index is -0.423. The lowest BCUT2D eigenvalue weighted by Crippen LogP contribution is -2.47. The molecule has 5 nitrogen and oxygen atoms in total. The van der Waals surface area contributed by atoms with Gasteiger partial charge in [0.15, 0.2) is 0 Å². The number of carbonyl (C=O) groups excluding carboxylic acids is 3. The Morgan fingerprint density at radius 2 is 1.59 bits per heavy atom. The topological polar surface area (TPSA) is 66.5 Å². The maximum atomic E-state index is 12.6. The highest BCUT2D eigenvalue weighted by Crippen LogP contribution is 2.29. The molecule has 0 atom stereocenters. The van der Waals surface area contributed by atoms with Gasteiger partial charge < -0.3 is 5.32 Å². The number of imide groups is 1. The quantitative estimate of drug-likeness (QED) is 0.880. The zero-order chi connectivity index (χ0) is 15.9. The van der Waals surface area contributed by atoms with E-state index < -0.39 is 11.8 Å². The van der Waals surface area contributed by atoms with Gasteiger partial charge in [-0.25, -0.2) is 0 Å². The van der Waals surface area contributed by atoms with Gasteiger partial charge >= 0.3 is 0 Å². The van der Waals surface area contributed by atoms with Gasteiger partial charge in [0.25, 0.3) is 11.8 Å². The van der Waals surface area contributed by atoms with Crippen molar-refractivity contribution >= 4 is 28.5 Å². The lowest BCUT2D eigenvalue weighted by molar-refractivity contribution is -0.121. The maximum Gasteiger partial charge on any atom is 0.261 e. The van der Waals surface area contributed by atoms with E-state index in [1.807, 2.05) is 26.0 Å². The van der Waals surface area contributed by atoms with Crippen LogP contribution in [-0.4, -0.2) is 35.2 Å². The minimum Gasteiger partial charge on any atom is -0.352 e. The van der Waals surface area contributed by atoms with Gasteiger partial charge in [-0.2, -0.15) is 0 Å². The van der Waals surface area contributed by atoms with Crippen molar-refractivity contribution in [2.24, 2.45) is 0 Å². The van der Waals surface area contributed by atoms with Crippen LogP contribution in [0.1, 0.15) is 34.6 Å². The molecule has 1 aliphatic rings.